The van der Waals surface area contributed by atoms with Gasteiger partial charge in [0.2, 0.25) is 0 Å². The first-order valence-corrected chi connectivity index (χ1v) is 8.55. The van der Waals surface area contributed by atoms with Gasteiger partial charge < -0.3 is 9.73 Å². The number of nitrogens with zero attached hydrogens (tertiary/aromatic N) is 1. The van der Waals surface area contributed by atoms with E-state index in [0.29, 0.717) is 35.5 Å². The molecule has 0 aliphatic carbocycles. The van der Waals surface area contributed by atoms with Gasteiger partial charge in [0.25, 0.3) is 5.91 Å². The van der Waals surface area contributed by atoms with Crippen LogP contribution < -0.4 is 10.9 Å². The van der Waals surface area contributed by atoms with Crippen LogP contribution in [0.2, 0.25) is 0 Å². The molecule has 5 heteroatoms. The zero-order chi connectivity index (χ0) is 17.0. The molecule has 2 heterocycles. The lowest BCUT2D eigenvalue weighted by Crippen LogP contribution is -2.44. The lowest BCUT2D eigenvalue weighted by molar-refractivity contribution is 0.0922. The molecule has 1 saturated heterocycles. The summed E-state index contributed by atoms with van der Waals surface area (Å²) in [5, 5.41) is 2.94. The Morgan fingerprint density at radius 3 is 2.57 bits per heavy atom. The van der Waals surface area contributed by atoms with Gasteiger partial charge in [-0.15, -0.1) is 0 Å². The molecule has 23 heavy (non-hydrogen) atoms. The van der Waals surface area contributed by atoms with E-state index in [-0.39, 0.29) is 5.91 Å². The average Bonchev–Trinajstić information content (AvgIpc) is 2.44. The van der Waals surface area contributed by atoms with Crippen molar-refractivity contribution < 1.29 is 9.21 Å². The van der Waals surface area contributed by atoms with Gasteiger partial charge in [0.15, 0.2) is 0 Å². The molecule has 5 nitrogen and oxygen atoms in total. The maximum atomic E-state index is 12.3. The quantitative estimate of drug-likeness (QED) is 0.847. The normalized spacial score (nSPS) is 22.1. The van der Waals surface area contributed by atoms with Crippen molar-refractivity contribution in [2.75, 3.05) is 13.1 Å². The minimum absolute atomic E-state index is 0.163. The molecule has 128 valence electrons. The van der Waals surface area contributed by atoms with Crippen molar-refractivity contribution in [1.29, 1.82) is 0 Å². The van der Waals surface area contributed by atoms with Crippen molar-refractivity contribution in [2.45, 2.75) is 65.5 Å². The van der Waals surface area contributed by atoms with Crippen molar-refractivity contribution in [2.24, 2.45) is 0 Å². The third-order valence-electron chi connectivity index (χ3n) is 4.82. The molecular formula is C18H28N2O3. The Balaban J connectivity index is 1.85. The zero-order valence-electron chi connectivity index (χ0n) is 14.6. The second-order valence-electron chi connectivity index (χ2n) is 6.66. The second-order valence-corrected chi connectivity index (χ2v) is 6.66. The predicted octanol–water partition coefficient (Wildman–Crippen LogP) is 2.64. The van der Waals surface area contributed by atoms with Crippen LogP contribution in [-0.2, 0) is 0 Å². The van der Waals surface area contributed by atoms with Crippen molar-refractivity contribution in [3.8, 4) is 0 Å². The molecule has 2 rings (SSSR count). The Morgan fingerprint density at radius 2 is 1.96 bits per heavy atom. The van der Waals surface area contributed by atoms with E-state index in [2.05, 4.69) is 24.1 Å². The number of piperidine rings is 1. The molecule has 0 saturated carbocycles. The Kier molecular flexibility index (Phi) is 5.99. The van der Waals surface area contributed by atoms with Crippen molar-refractivity contribution in [3.05, 3.63) is 33.4 Å². The van der Waals surface area contributed by atoms with Gasteiger partial charge in [-0.3, -0.25) is 9.69 Å². The summed E-state index contributed by atoms with van der Waals surface area (Å²) in [6.45, 7) is 9.62. The lowest BCUT2D eigenvalue weighted by Gasteiger charge is -2.39. The van der Waals surface area contributed by atoms with Gasteiger partial charge in [0.05, 0.1) is 5.56 Å². The Bertz CT molecular complexity index is 573. The third kappa shape index (κ3) is 4.44. The van der Waals surface area contributed by atoms with E-state index in [1.807, 2.05) is 0 Å². The fourth-order valence-electron chi connectivity index (χ4n) is 3.56. The Hall–Kier alpha value is -1.62. The first-order valence-electron chi connectivity index (χ1n) is 8.55. The number of carbonyl (C=O) groups excluding carboxylic acids is 1. The zero-order valence-corrected chi connectivity index (χ0v) is 14.6. The molecule has 1 aromatic rings. The molecule has 1 amide bonds. The number of rotatable bonds is 5. The van der Waals surface area contributed by atoms with Crippen LogP contribution in [0.3, 0.4) is 0 Å². The highest BCUT2D eigenvalue weighted by molar-refractivity contribution is 5.96. The van der Waals surface area contributed by atoms with Gasteiger partial charge in [0.1, 0.15) is 5.76 Å². The minimum atomic E-state index is -0.412. The number of carbonyl (C=O) groups is 1. The maximum absolute atomic E-state index is 12.3. The molecule has 0 unspecified atom stereocenters. The number of likely N-dealkylation sites (tertiary alicyclic amines) is 1. The molecule has 1 fully saturated rings. The summed E-state index contributed by atoms with van der Waals surface area (Å²) in [5.74, 6) is 0.217. The summed E-state index contributed by atoms with van der Waals surface area (Å²) in [5.41, 5.74) is 0.725. The number of aryl methyl sites for hydroxylation is 2. The molecule has 1 aliphatic rings. The standard InChI is InChI=1S/C18H28N2O3/c1-12-11-16(21)23-15(4)17(12)18(22)19-9-6-10-20-13(2)7-5-8-14(20)3/h11,13-14H,5-10H2,1-4H3,(H,19,22)/t13-,14-/m1/s1. The second kappa shape index (κ2) is 7.77. The van der Waals surface area contributed by atoms with E-state index in [4.69, 9.17) is 4.42 Å². The van der Waals surface area contributed by atoms with Gasteiger partial charge in [0, 0.05) is 31.2 Å². The summed E-state index contributed by atoms with van der Waals surface area (Å²) in [4.78, 5) is 26.1. The van der Waals surface area contributed by atoms with Crippen LogP contribution in [0.4, 0.5) is 0 Å². The number of amides is 1. The fourth-order valence-corrected chi connectivity index (χ4v) is 3.56. The van der Waals surface area contributed by atoms with Crippen LogP contribution >= 0.6 is 0 Å². The van der Waals surface area contributed by atoms with Gasteiger partial charge in [-0.25, -0.2) is 4.79 Å². The summed E-state index contributed by atoms with van der Waals surface area (Å²) in [7, 11) is 0. The molecule has 0 aromatic carbocycles. The topological polar surface area (TPSA) is 62.6 Å². The molecule has 2 atom stereocenters. The first kappa shape index (κ1) is 17.7. The molecular weight excluding hydrogens is 292 g/mol. The summed E-state index contributed by atoms with van der Waals surface area (Å²) in [6, 6.07) is 2.61. The number of hydrogen-bond donors (Lipinski definition) is 1. The fraction of sp³-hybridized carbons (Fsp3) is 0.667. The lowest BCUT2D eigenvalue weighted by atomic mass is 9.97. The monoisotopic (exact) mass is 320 g/mol. The predicted molar refractivity (Wildman–Crippen MR) is 90.9 cm³/mol. The van der Waals surface area contributed by atoms with E-state index in [1.165, 1.54) is 25.3 Å². The number of nitrogens with one attached hydrogen (secondary N) is 1. The van der Waals surface area contributed by atoms with Crippen LogP contribution in [0.25, 0.3) is 0 Å². The number of hydrogen-bond acceptors (Lipinski definition) is 4. The third-order valence-corrected chi connectivity index (χ3v) is 4.82. The van der Waals surface area contributed by atoms with Crippen molar-refractivity contribution >= 4 is 5.91 Å². The van der Waals surface area contributed by atoms with E-state index < -0.39 is 5.63 Å². The SMILES string of the molecule is Cc1cc(=O)oc(C)c1C(=O)NCCCN1[C@H](C)CCC[C@H]1C. The van der Waals surface area contributed by atoms with Crippen LogP contribution in [-0.4, -0.2) is 36.0 Å². The van der Waals surface area contributed by atoms with Crippen LogP contribution in [0.15, 0.2) is 15.3 Å². The smallest absolute Gasteiger partial charge is 0.336 e. The molecule has 1 N–H and O–H groups in total. The van der Waals surface area contributed by atoms with Crippen LogP contribution in [0.1, 0.15) is 61.2 Å². The Morgan fingerprint density at radius 1 is 1.30 bits per heavy atom. The van der Waals surface area contributed by atoms with Gasteiger partial charge in [-0.05, 0) is 52.5 Å². The van der Waals surface area contributed by atoms with Crippen molar-refractivity contribution in [3.63, 3.8) is 0 Å². The van der Waals surface area contributed by atoms with Gasteiger partial charge in [-0.2, -0.15) is 0 Å². The largest absolute Gasteiger partial charge is 0.427 e. The minimum Gasteiger partial charge on any atom is -0.427 e. The van der Waals surface area contributed by atoms with Crippen LogP contribution in [0.5, 0.6) is 0 Å². The van der Waals surface area contributed by atoms with Crippen LogP contribution in [0, 0.1) is 13.8 Å². The van der Waals surface area contributed by atoms with Crippen molar-refractivity contribution in [1.82, 2.24) is 10.2 Å². The highest BCUT2D eigenvalue weighted by Gasteiger charge is 2.23. The van der Waals surface area contributed by atoms with E-state index in [1.54, 1.807) is 13.8 Å². The van der Waals surface area contributed by atoms with Gasteiger partial charge >= 0.3 is 5.63 Å². The molecule has 0 spiro atoms. The molecule has 0 bridgehead atoms. The van der Waals surface area contributed by atoms with E-state index >= 15 is 0 Å². The average molecular weight is 320 g/mol. The molecule has 0 radical (unpaired) electrons. The summed E-state index contributed by atoms with van der Waals surface area (Å²) in [6.07, 6.45) is 4.76. The summed E-state index contributed by atoms with van der Waals surface area (Å²) < 4.78 is 5.02. The Labute approximate surface area is 138 Å². The highest BCUT2D eigenvalue weighted by atomic mass is 16.4. The van der Waals surface area contributed by atoms with E-state index in [9.17, 15) is 9.59 Å². The van der Waals surface area contributed by atoms with Gasteiger partial charge in [-0.1, -0.05) is 6.42 Å². The summed E-state index contributed by atoms with van der Waals surface area (Å²) >= 11 is 0. The molecule has 1 aliphatic heterocycles. The maximum Gasteiger partial charge on any atom is 0.336 e. The highest BCUT2D eigenvalue weighted by Crippen LogP contribution is 2.22. The van der Waals surface area contributed by atoms with E-state index in [0.717, 1.165) is 13.0 Å². The first-order chi connectivity index (χ1) is 10.9. The molecule has 1 aromatic heterocycles.